The Hall–Kier alpha value is -5.35. The van der Waals surface area contributed by atoms with Crippen molar-refractivity contribution in [3.8, 4) is 0 Å². The van der Waals surface area contributed by atoms with E-state index in [-0.39, 0.29) is 17.8 Å². The van der Waals surface area contributed by atoms with Crippen molar-refractivity contribution in [2.45, 2.75) is 18.0 Å². The van der Waals surface area contributed by atoms with E-state index >= 15 is 0 Å². The molecule has 0 aliphatic carbocycles. The van der Waals surface area contributed by atoms with Crippen LogP contribution < -0.4 is 10.2 Å². The number of imide groups is 1. The second-order valence-electron chi connectivity index (χ2n) is 10.8. The summed E-state index contributed by atoms with van der Waals surface area (Å²) in [4.78, 5) is 56.8. The number of H-pyrrole nitrogens is 1. The van der Waals surface area contributed by atoms with Gasteiger partial charge in [0.25, 0.3) is 5.69 Å². The standard InChI is InChI=1S/C32H24N4O6/c37-29-26-27(30(38)35(29)20-9-6-10-21(15-20)36(41)42)32(31(39)40,16-19-17-33-25-14-4-3-12-23(19)25)34-28(26)24-13-5-8-18-7-1-2-11-22(18)24/h1-15,17,26-28,33-34H,16H2,(H,39,40). The number of rotatable bonds is 6. The maximum atomic E-state index is 14.3. The number of nitro benzene ring substituents is 1. The van der Waals surface area contributed by atoms with Gasteiger partial charge in [-0.15, -0.1) is 0 Å². The number of hydrogen-bond acceptors (Lipinski definition) is 6. The molecule has 0 bridgehead atoms. The van der Waals surface area contributed by atoms with E-state index in [1.165, 1.54) is 24.3 Å². The first-order chi connectivity index (χ1) is 20.3. The lowest BCUT2D eigenvalue weighted by molar-refractivity contribution is -0.384. The minimum atomic E-state index is -1.85. The van der Waals surface area contributed by atoms with Crippen molar-refractivity contribution >= 4 is 50.8 Å². The summed E-state index contributed by atoms with van der Waals surface area (Å²) in [6.45, 7) is 0. The number of carboxylic acid groups (broad SMARTS) is 1. The third kappa shape index (κ3) is 3.65. The summed E-state index contributed by atoms with van der Waals surface area (Å²) in [5, 5.41) is 28.2. The third-order valence-corrected chi connectivity index (χ3v) is 8.64. The van der Waals surface area contributed by atoms with Gasteiger partial charge in [-0.05, 0) is 34.0 Å². The van der Waals surface area contributed by atoms with Crippen LogP contribution in [-0.2, 0) is 20.8 Å². The van der Waals surface area contributed by atoms with Crippen molar-refractivity contribution in [2.75, 3.05) is 4.90 Å². The van der Waals surface area contributed by atoms with E-state index in [0.29, 0.717) is 11.1 Å². The summed E-state index contributed by atoms with van der Waals surface area (Å²) in [6, 6.07) is 25.2. The number of para-hydroxylation sites is 1. The Morgan fingerprint density at radius 3 is 2.43 bits per heavy atom. The number of aromatic nitrogens is 1. The molecule has 2 amide bonds. The van der Waals surface area contributed by atoms with Gasteiger partial charge in [-0.25, -0.2) is 4.90 Å². The van der Waals surface area contributed by atoms with Crippen LogP contribution in [0.15, 0.2) is 97.2 Å². The number of nitrogens with zero attached hydrogens (tertiary/aromatic N) is 2. The van der Waals surface area contributed by atoms with Crippen molar-refractivity contribution in [1.29, 1.82) is 0 Å². The summed E-state index contributed by atoms with van der Waals surface area (Å²) >= 11 is 0. The third-order valence-electron chi connectivity index (χ3n) is 8.64. The van der Waals surface area contributed by atoms with E-state index in [0.717, 1.165) is 26.6 Å². The van der Waals surface area contributed by atoms with Crippen LogP contribution >= 0.6 is 0 Å². The molecule has 3 N–H and O–H groups in total. The van der Waals surface area contributed by atoms with Crippen molar-refractivity contribution in [3.63, 3.8) is 0 Å². The molecule has 7 rings (SSSR count). The Morgan fingerprint density at radius 2 is 1.64 bits per heavy atom. The molecule has 1 aromatic heterocycles. The number of carbonyl (C=O) groups excluding carboxylic acids is 2. The second-order valence-corrected chi connectivity index (χ2v) is 10.8. The summed E-state index contributed by atoms with van der Waals surface area (Å²) in [5.74, 6) is -4.91. The fourth-order valence-corrected chi connectivity index (χ4v) is 6.80. The lowest BCUT2D eigenvalue weighted by atomic mass is 9.76. The first-order valence-corrected chi connectivity index (χ1v) is 13.5. The molecule has 2 aliphatic heterocycles. The molecule has 2 aliphatic rings. The average Bonchev–Trinajstić information content (AvgIpc) is 3.64. The van der Waals surface area contributed by atoms with Gasteiger partial charge in [-0.1, -0.05) is 66.7 Å². The van der Waals surface area contributed by atoms with Crippen molar-refractivity contribution in [3.05, 3.63) is 118 Å². The van der Waals surface area contributed by atoms with Crippen molar-refractivity contribution in [1.82, 2.24) is 10.3 Å². The van der Waals surface area contributed by atoms with E-state index in [4.69, 9.17) is 0 Å². The molecule has 0 saturated carbocycles. The Morgan fingerprint density at radius 1 is 0.929 bits per heavy atom. The first kappa shape index (κ1) is 25.6. The number of carboxylic acids is 1. The van der Waals surface area contributed by atoms with Gasteiger partial charge < -0.3 is 10.1 Å². The Bertz CT molecular complexity index is 1940. The van der Waals surface area contributed by atoms with Crippen LogP contribution in [0.1, 0.15) is 17.2 Å². The number of carbonyl (C=O) groups is 3. The summed E-state index contributed by atoms with van der Waals surface area (Å²) in [6.07, 6.45) is 1.66. The second kappa shape index (κ2) is 9.35. The van der Waals surface area contributed by atoms with Gasteiger partial charge in [0.15, 0.2) is 0 Å². The number of non-ortho nitro benzene ring substituents is 1. The number of fused-ring (bicyclic) bond motifs is 3. The predicted molar refractivity (Wildman–Crippen MR) is 155 cm³/mol. The van der Waals surface area contributed by atoms with Gasteiger partial charge in [-0.2, -0.15) is 0 Å². The van der Waals surface area contributed by atoms with Gasteiger partial charge in [-0.3, -0.25) is 29.8 Å². The molecule has 2 saturated heterocycles. The molecule has 4 aromatic carbocycles. The molecule has 4 atom stereocenters. The fraction of sp³-hybridized carbons (Fsp3) is 0.156. The number of aliphatic carboxylic acids is 1. The van der Waals surface area contributed by atoms with Crippen LogP contribution in [0.2, 0.25) is 0 Å². The lowest BCUT2D eigenvalue weighted by Crippen LogP contribution is -2.57. The van der Waals surface area contributed by atoms with Crippen LogP contribution in [0, 0.1) is 22.0 Å². The van der Waals surface area contributed by atoms with E-state index < -0.39 is 46.1 Å². The number of amides is 2. The van der Waals surface area contributed by atoms with Gasteiger partial charge in [0.2, 0.25) is 11.8 Å². The highest BCUT2D eigenvalue weighted by atomic mass is 16.6. The minimum Gasteiger partial charge on any atom is -0.480 e. The molecule has 4 unspecified atom stereocenters. The van der Waals surface area contributed by atoms with Crippen molar-refractivity contribution < 1.29 is 24.4 Å². The van der Waals surface area contributed by atoms with Crippen LogP contribution in [0.5, 0.6) is 0 Å². The Kier molecular flexibility index (Phi) is 5.70. The predicted octanol–water partition coefficient (Wildman–Crippen LogP) is 4.75. The Labute approximate surface area is 238 Å². The zero-order valence-corrected chi connectivity index (χ0v) is 22.1. The molecule has 0 radical (unpaired) electrons. The highest BCUT2D eigenvalue weighted by molar-refractivity contribution is 6.24. The maximum absolute atomic E-state index is 14.3. The molecule has 3 heterocycles. The van der Waals surface area contributed by atoms with E-state index in [9.17, 15) is 29.6 Å². The monoisotopic (exact) mass is 560 g/mol. The van der Waals surface area contributed by atoms with Gasteiger partial charge in [0.1, 0.15) is 5.54 Å². The highest BCUT2D eigenvalue weighted by Gasteiger charge is 2.69. The zero-order chi connectivity index (χ0) is 29.2. The fourth-order valence-electron chi connectivity index (χ4n) is 6.80. The quantitative estimate of drug-likeness (QED) is 0.154. The maximum Gasteiger partial charge on any atom is 0.325 e. The van der Waals surface area contributed by atoms with Crippen LogP contribution in [-0.4, -0.2) is 38.3 Å². The first-order valence-electron chi connectivity index (χ1n) is 13.5. The molecule has 0 spiro atoms. The van der Waals surface area contributed by atoms with Crippen LogP contribution in [0.25, 0.3) is 21.7 Å². The molecular weight excluding hydrogens is 536 g/mol. The normalized spacial score (nSPS) is 23.5. The molecule has 10 heteroatoms. The Balaban J connectivity index is 1.42. The van der Waals surface area contributed by atoms with E-state index in [1.54, 1.807) is 6.20 Å². The molecule has 42 heavy (non-hydrogen) atoms. The minimum absolute atomic E-state index is 0.0386. The topological polar surface area (TPSA) is 146 Å². The van der Waals surface area contributed by atoms with Gasteiger partial charge in [0.05, 0.1) is 22.4 Å². The molecule has 5 aromatic rings. The number of nitrogens with one attached hydrogen (secondary N) is 2. The van der Waals surface area contributed by atoms with E-state index in [1.807, 2.05) is 66.7 Å². The number of hydrogen-bond donors (Lipinski definition) is 3. The summed E-state index contributed by atoms with van der Waals surface area (Å²) in [7, 11) is 0. The molecular formula is C32H24N4O6. The number of anilines is 1. The summed E-state index contributed by atoms with van der Waals surface area (Å²) < 4.78 is 0. The summed E-state index contributed by atoms with van der Waals surface area (Å²) in [5.41, 5.74) is 0.118. The number of nitro groups is 1. The number of aromatic amines is 1. The smallest absolute Gasteiger partial charge is 0.325 e. The van der Waals surface area contributed by atoms with Gasteiger partial charge in [0, 0.05) is 41.7 Å². The van der Waals surface area contributed by atoms with Crippen LogP contribution in [0.4, 0.5) is 11.4 Å². The van der Waals surface area contributed by atoms with Gasteiger partial charge >= 0.3 is 5.97 Å². The average molecular weight is 561 g/mol. The highest BCUT2D eigenvalue weighted by Crippen LogP contribution is 2.52. The largest absolute Gasteiger partial charge is 0.480 e. The molecule has 10 nitrogen and oxygen atoms in total. The zero-order valence-electron chi connectivity index (χ0n) is 22.1. The molecule has 2 fully saturated rings. The van der Waals surface area contributed by atoms with Crippen LogP contribution in [0.3, 0.4) is 0 Å². The van der Waals surface area contributed by atoms with E-state index in [2.05, 4.69) is 10.3 Å². The van der Waals surface area contributed by atoms with Crippen molar-refractivity contribution in [2.24, 2.45) is 11.8 Å². The lowest BCUT2D eigenvalue weighted by Gasteiger charge is -2.31. The SMILES string of the molecule is O=C1C2C(c3cccc4ccccc34)NC(Cc3c[nH]c4ccccc34)(C(=O)O)C2C(=O)N1c1cccc([N+](=O)[O-])c1. The molecule has 208 valence electrons. The number of benzene rings is 4.